The second kappa shape index (κ2) is 10.3. The standard InChI is InChI=1S/C24H21IN3O.BF4/c1-16-11-12-18-19-9-6-10-20(23(19)25-21(18)13-16)24(29-2)22-15-28(27-26-22)14-17-7-4-3-5-8-17;2-1(3,4)5/h3-13,15,24H,14H2,1-2H3;/q+1;-1/t24-;/m1./s1. The van der Waals surface area contributed by atoms with Gasteiger partial charge in [-0.05, 0) is 36.2 Å². The van der Waals surface area contributed by atoms with E-state index < -0.39 is 7.25 Å². The molecule has 3 aromatic carbocycles. The number of halogens is 5. The van der Waals surface area contributed by atoms with Crippen molar-refractivity contribution < 1.29 is 43.2 Å². The van der Waals surface area contributed by atoms with Gasteiger partial charge in [-0.1, -0.05) is 53.7 Å². The third kappa shape index (κ3) is 5.85. The molecule has 0 amide bonds. The fraction of sp³-hybridized carbons (Fsp3) is 0.167. The Morgan fingerprint density at radius 2 is 1.71 bits per heavy atom. The van der Waals surface area contributed by atoms with Crippen molar-refractivity contribution in [2.24, 2.45) is 0 Å². The van der Waals surface area contributed by atoms with E-state index in [2.05, 4.69) is 65.8 Å². The zero-order valence-corrected chi connectivity index (χ0v) is 20.6. The number of aryl methyl sites for hydroxylation is 1. The van der Waals surface area contributed by atoms with Crippen LogP contribution in [-0.2, 0) is 11.3 Å². The van der Waals surface area contributed by atoms with Gasteiger partial charge >= 0.3 is 28.5 Å². The van der Waals surface area contributed by atoms with Crippen LogP contribution >= 0.6 is 0 Å². The van der Waals surface area contributed by atoms with E-state index in [0.29, 0.717) is 6.54 Å². The van der Waals surface area contributed by atoms with Crippen LogP contribution in [-0.4, -0.2) is 29.4 Å². The Hall–Kier alpha value is -2.73. The van der Waals surface area contributed by atoms with Gasteiger partial charge < -0.3 is 22.0 Å². The van der Waals surface area contributed by atoms with Gasteiger partial charge in [0.2, 0.25) is 7.14 Å². The Bertz CT molecular complexity index is 1270. The molecule has 1 aliphatic heterocycles. The second-order valence-corrected chi connectivity index (χ2v) is 10.5. The first kappa shape index (κ1) is 24.4. The average Bonchev–Trinajstić information content (AvgIpc) is 3.38. The lowest BCUT2D eigenvalue weighted by atomic mass is 9.99. The summed E-state index contributed by atoms with van der Waals surface area (Å²) in [5, 5.41) is 8.79. The van der Waals surface area contributed by atoms with Crippen LogP contribution in [0, 0.1) is 14.1 Å². The van der Waals surface area contributed by atoms with Crippen LogP contribution in [0.25, 0.3) is 11.1 Å². The highest BCUT2D eigenvalue weighted by atomic mass is 127. The van der Waals surface area contributed by atoms with Crippen molar-refractivity contribution in [1.29, 1.82) is 0 Å². The molecule has 0 saturated heterocycles. The van der Waals surface area contributed by atoms with Gasteiger partial charge in [-0.15, -0.1) is 5.10 Å². The second-order valence-electron chi connectivity index (χ2n) is 7.72. The Kier molecular flexibility index (Phi) is 7.37. The van der Waals surface area contributed by atoms with Gasteiger partial charge in [0.15, 0.2) is 0 Å². The van der Waals surface area contributed by atoms with E-state index in [0.717, 1.165) is 5.69 Å². The fourth-order valence-corrected chi connectivity index (χ4v) is 7.30. The number of aromatic nitrogens is 3. The minimum absolute atomic E-state index is 0.204. The zero-order chi connectivity index (χ0) is 24.3. The normalized spacial score (nSPS) is 13.0. The zero-order valence-electron chi connectivity index (χ0n) is 18.4. The van der Waals surface area contributed by atoms with E-state index in [1.54, 1.807) is 7.11 Å². The van der Waals surface area contributed by atoms with Crippen molar-refractivity contribution in [2.45, 2.75) is 19.6 Å². The lowest BCUT2D eigenvalue weighted by Gasteiger charge is -2.13. The van der Waals surface area contributed by atoms with E-state index >= 15 is 0 Å². The number of ether oxygens (including phenoxy) is 1. The predicted octanol–water partition coefficient (Wildman–Crippen LogP) is 2.78. The molecule has 10 heteroatoms. The third-order valence-electron chi connectivity index (χ3n) is 5.17. The van der Waals surface area contributed by atoms with Crippen molar-refractivity contribution in [1.82, 2.24) is 15.0 Å². The van der Waals surface area contributed by atoms with E-state index in [1.165, 1.54) is 35.0 Å². The number of fused-ring (bicyclic) bond motifs is 3. The summed E-state index contributed by atoms with van der Waals surface area (Å²) in [6.45, 7) is 2.87. The van der Waals surface area contributed by atoms with E-state index in [1.807, 2.05) is 29.1 Å². The molecule has 0 spiro atoms. The van der Waals surface area contributed by atoms with Crippen LogP contribution in [0.3, 0.4) is 0 Å². The van der Waals surface area contributed by atoms with Crippen LogP contribution in [0.2, 0.25) is 0 Å². The van der Waals surface area contributed by atoms with Crippen LogP contribution < -0.4 is 21.2 Å². The molecule has 34 heavy (non-hydrogen) atoms. The van der Waals surface area contributed by atoms with Gasteiger partial charge in [-0.2, -0.15) is 0 Å². The van der Waals surface area contributed by atoms with Gasteiger partial charge in [0.05, 0.1) is 12.7 Å². The molecular weight excluding hydrogens is 560 g/mol. The van der Waals surface area contributed by atoms with E-state index in [4.69, 9.17) is 4.74 Å². The summed E-state index contributed by atoms with van der Waals surface area (Å²) < 4.78 is 49.8. The monoisotopic (exact) mass is 581 g/mol. The minimum Gasteiger partial charge on any atom is -0.418 e. The summed E-state index contributed by atoms with van der Waals surface area (Å²) in [5.41, 5.74) is 7.33. The first-order valence-electron chi connectivity index (χ1n) is 10.5. The van der Waals surface area contributed by atoms with Crippen molar-refractivity contribution in [2.75, 3.05) is 7.11 Å². The summed E-state index contributed by atoms with van der Waals surface area (Å²) in [6, 6.07) is 23.7. The first-order chi connectivity index (χ1) is 16.2. The lowest BCUT2D eigenvalue weighted by molar-refractivity contribution is -0.591. The molecule has 1 aliphatic rings. The summed E-state index contributed by atoms with van der Waals surface area (Å²) >= 11 is -0.236. The lowest BCUT2D eigenvalue weighted by Crippen LogP contribution is -3.61. The molecule has 0 fully saturated rings. The van der Waals surface area contributed by atoms with Crippen LogP contribution in [0.5, 0.6) is 0 Å². The highest BCUT2D eigenvalue weighted by molar-refractivity contribution is 6.50. The first-order valence-corrected chi connectivity index (χ1v) is 12.6. The van der Waals surface area contributed by atoms with E-state index in [-0.39, 0.29) is 27.3 Å². The molecule has 0 bridgehead atoms. The molecule has 0 N–H and O–H groups in total. The van der Waals surface area contributed by atoms with Gasteiger partial charge in [0.25, 0.3) is 0 Å². The third-order valence-corrected chi connectivity index (χ3v) is 8.39. The number of methoxy groups -OCH3 is 1. The molecule has 0 saturated carbocycles. The fourth-order valence-electron chi connectivity index (χ4n) is 3.77. The maximum absolute atomic E-state index is 9.75. The topological polar surface area (TPSA) is 39.9 Å². The van der Waals surface area contributed by atoms with Crippen LogP contribution in [0.4, 0.5) is 17.3 Å². The maximum atomic E-state index is 9.75. The van der Waals surface area contributed by atoms with Crippen LogP contribution in [0.1, 0.15) is 28.5 Å². The van der Waals surface area contributed by atoms with Gasteiger partial charge in [0.1, 0.15) is 11.8 Å². The molecule has 4 aromatic rings. The number of benzene rings is 3. The van der Waals surface area contributed by atoms with Gasteiger partial charge in [0, 0.05) is 23.8 Å². The van der Waals surface area contributed by atoms with E-state index in [9.17, 15) is 17.3 Å². The Morgan fingerprint density at radius 3 is 2.41 bits per heavy atom. The highest BCUT2D eigenvalue weighted by Gasteiger charge is 2.38. The SMILES string of the molecule is CO[C@@H](c1cn(Cc2ccccc2)nn1)c1cccc2c1[I+]c1cc(C)ccc1-2.F[B-](F)(F)F. The molecule has 2 heterocycles. The smallest absolute Gasteiger partial charge is 0.418 e. The molecule has 176 valence electrons. The van der Waals surface area contributed by atoms with Crippen LogP contribution in [0.15, 0.2) is 72.9 Å². The summed E-state index contributed by atoms with van der Waals surface area (Å²) in [5.74, 6) is 0. The molecule has 5 rings (SSSR count). The average molecular weight is 581 g/mol. The van der Waals surface area contributed by atoms with Gasteiger partial charge in [-0.25, -0.2) is 4.68 Å². The summed E-state index contributed by atoms with van der Waals surface area (Å²) in [6.07, 6.45) is 1.80. The molecule has 0 radical (unpaired) electrons. The number of nitrogens with zero attached hydrogens (tertiary/aromatic N) is 3. The molecule has 4 nitrogen and oxygen atoms in total. The molecule has 1 atom stereocenters. The number of hydrogen-bond donors (Lipinski definition) is 0. The largest absolute Gasteiger partial charge is 0.673 e. The number of rotatable bonds is 5. The summed E-state index contributed by atoms with van der Waals surface area (Å²) in [7, 11) is -4.25. The Labute approximate surface area is 205 Å². The predicted molar refractivity (Wildman–Crippen MR) is 119 cm³/mol. The molecule has 0 unspecified atom stereocenters. The Balaban J connectivity index is 0.000000499. The van der Waals surface area contributed by atoms with Crippen molar-refractivity contribution in [3.63, 3.8) is 0 Å². The number of hydrogen-bond acceptors (Lipinski definition) is 3. The van der Waals surface area contributed by atoms with Gasteiger partial charge in [-0.3, -0.25) is 0 Å². The van der Waals surface area contributed by atoms with Crippen molar-refractivity contribution in [3.05, 3.63) is 102 Å². The minimum atomic E-state index is -6.00. The highest BCUT2D eigenvalue weighted by Crippen LogP contribution is 2.30. The summed E-state index contributed by atoms with van der Waals surface area (Å²) in [4.78, 5) is 0. The molecule has 0 aliphatic carbocycles. The Morgan fingerprint density at radius 1 is 0.971 bits per heavy atom. The molecular formula is C24H21BF4IN3O. The van der Waals surface area contributed by atoms with Crippen molar-refractivity contribution in [3.8, 4) is 11.1 Å². The maximum Gasteiger partial charge on any atom is 0.673 e. The van der Waals surface area contributed by atoms with Crippen molar-refractivity contribution >= 4 is 7.25 Å². The molecule has 1 aromatic heterocycles. The quantitative estimate of drug-likeness (QED) is 0.182.